The normalized spacial score (nSPS) is 22.4. The first-order chi connectivity index (χ1) is 9.72. The number of aromatic hydroxyl groups is 1. The number of nitrogen functional groups attached to an aromatic ring is 1. The predicted octanol–water partition coefficient (Wildman–Crippen LogP) is 2.03. The number of hydrogen-bond acceptors (Lipinski definition) is 4. The first-order valence-electron chi connectivity index (χ1n) is 7.76. The van der Waals surface area contributed by atoms with E-state index in [0.717, 1.165) is 25.7 Å². The van der Waals surface area contributed by atoms with Crippen LogP contribution in [-0.2, 0) is 6.54 Å². The highest BCUT2D eigenvalue weighted by Crippen LogP contribution is 2.25. The Labute approximate surface area is 121 Å². The maximum atomic E-state index is 9.46. The fourth-order valence-electron chi connectivity index (χ4n) is 3.52. The second kappa shape index (κ2) is 6.02. The van der Waals surface area contributed by atoms with E-state index in [2.05, 4.69) is 9.80 Å². The molecule has 0 aromatic heterocycles. The molecule has 0 bridgehead atoms. The van der Waals surface area contributed by atoms with Gasteiger partial charge in [-0.05, 0) is 30.5 Å². The van der Waals surface area contributed by atoms with Crippen LogP contribution >= 0.6 is 0 Å². The average molecular weight is 275 g/mol. The minimum Gasteiger partial charge on any atom is -0.506 e. The SMILES string of the molecule is Nc1cc(CN2CCN(C3CCCC3)CC2)ccc1O. The van der Waals surface area contributed by atoms with E-state index >= 15 is 0 Å². The molecule has 1 aliphatic heterocycles. The van der Waals surface area contributed by atoms with E-state index in [1.54, 1.807) is 6.07 Å². The molecule has 0 spiro atoms. The Balaban J connectivity index is 1.51. The van der Waals surface area contributed by atoms with Crippen molar-refractivity contribution in [2.24, 2.45) is 0 Å². The van der Waals surface area contributed by atoms with Gasteiger partial charge in [-0.1, -0.05) is 18.9 Å². The van der Waals surface area contributed by atoms with E-state index in [4.69, 9.17) is 5.73 Å². The number of phenolic OH excluding ortho intramolecular Hbond substituents is 1. The lowest BCUT2D eigenvalue weighted by molar-refractivity contribution is 0.0937. The predicted molar refractivity (Wildman–Crippen MR) is 81.6 cm³/mol. The van der Waals surface area contributed by atoms with Crippen LogP contribution in [0, 0.1) is 0 Å². The van der Waals surface area contributed by atoms with Gasteiger partial charge in [-0.3, -0.25) is 9.80 Å². The van der Waals surface area contributed by atoms with Crippen LogP contribution in [0.1, 0.15) is 31.2 Å². The highest BCUT2D eigenvalue weighted by atomic mass is 16.3. The first kappa shape index (κ1) is 13.7. The highest BCUT2D eigenvalue weighted by molar-refractivity contribution is 5.53. The van der Waals surface area contributed by atoms with Crippen molar-refractivity contribution in [3.8, 4) is 5.75 Å². The third-order valence-electron chi connectivity index (χ3n) is 4.75. The monoisotopic (exact) mass is 275 g/mol. The lowest BCUT2D eigenvalue weighted by Crippen LogP contribution is -2.49. The summed E-state index contributed by atoms with van der Waals surface area (Å²) in [4.78, 5) is 5.16. The molecule has 1 aliphatic carbocycles. The zero-order chi connectivity index (χ0) is 13.9. The number of benzene rings is 1. The van der Waals surface area contributed by atoms with Gasteiger partial charge in [-0.25, -0.2) is 0 Å². The van der Waals surface area contributed by atoms with Crippen molar-refractivity contribution in [1.29, 1.82) is 0 Å². The van der Waals surface area contributed by atoms with Crippen LogP contribution in [0.5, 0.6) is 5.75 Å². The van der Waals surface area contributed by atoms with Gasteiger partial charge >= 0.3 is 0 Å². The topological polar surface area (TPSA) is 52.7 Å². The Morgan fingerprint density at radius 2 is 1.80 bits per heavy atom. The van der Waals surface area contributed by atoms with Gasteiger partial charge < -0.3 is 10.8 Å². The smallest absolute Gasteiger partial charge is 0.138 e. The van der Waals surface area contributed by atoms with Crippen molar-refractivity contribution >= 4 is 5.69 Å². The van der Waals surface area contributed by atoms with Crippen LogP contribution in [0.4, 0.5) is 5.69 Å². The van der Waals surface area contributed by atoms with Gasteiger partial charge in [-0.15, -0.1) is 0 Å². The van der Waals surface area contributed by atoms with Gasteiger partial charge in [0.2, 0.25) is 0 Å². The number of hydrogen-bond donors (Lipinski definition) is 2. The molecule has 0 atom stereocenters. The molecule has 1 saturated heterocycles. The number of nitrogens with zero attached hydrogens (tertiary/aromatic N) is 2. The zero-order valence-electron chi connectivity index (χ0n) is 12.1. The molecule has 0 amide bonds. The van der Waals surface area contributed by atoms with E-state index in [1.807, 2.05) is 12.1 Å². The van der Waals surface area contributed by atoms with Gasteiger partial charge in [0.25, 0.3) is 0 Å². The van der Waals surface area contributed by atoms with Gasteiger partial charge in [0.1, 0.15) is 5.75 Å². The van der Waals surface area contributed by atoms with Crippen LogP contribution in [0.2, 0.25) is 0 Å². The molecule has 2 aliphatic rings. The molecule has 3 N–H and O–H groups in total. The van der Waals surface area contributed by atoms with Crippen LogP contribution < -0.4 is 5.73 Å². The molecule has 1 heterocycles. The molecule has 3 rings (SSSR count). The summed E-state index contributed by atoms with van der Waals surface area (Å²) in [5, 5.41) is 9.46. The summed E-state index contributed by atoms with van der Waals surface area (Å²) in [7, 11) is 0. The summed E-state index contributed by atoms with van der Waals surface area (Å²) in [6.07, 6.45) is 5.62. The minimum absolute atomic E-state index is 0.180. The molecule has 4 nitrogen and oxygen atoms in total. The van der Waals surface area contributed by atoms with Gasteiger partial charge in [0, 0.05) is 38.8 Å². The highest BCUT2D eigenvalue weighted by Gasteiger charge is 2.25. The lowest BCUT2D eigenvalue weighted by Gasteiger charge is -2.38. The molecule has 1 aromatic carbocycles. The summed E-state index contributed by atoms with van der Waals surface area (Å²) in [6, 6.07) is 6.40. The molecule has 1 aromatic rings. The molecule has 20 heavy (non-hydrogen) atoms. The summed E-state index contributed by atoms with van der Waals surface area (Å²) in [6.45, 7) is 5.59. The van der Waals surface area contributed by atoms with Crippen molar-refractivity contribution < 1.29 is 5.11 Å². The molecule has 2 fully saturated rings. The number of anilines is 1. The fourth-order valence-corrected chi connectivity index (χ4v) is 3.52. The first-order valence-corrected chi connectivity index (χ1v) is 7.76. The zero-order valence-corrected chi connectivity index (χ0v) is 12.1. The summed E-state index contributed by atoms with van der Waals surface area (Å²) < 4.78 is 0. The quantitative estimate of drug-likeness (QED) is 0.655. The molecule has 0 radical (unpaired) electrons. The summed E-state index contributed by atoms with van der Waals surface area (Å²) >= 11 is 0. The lowest BCUT2D eigenvalue weighted by atomic mass is 10.1. The largest absolute Gasteiger partial charge is 0.506 e. The van der Waals surface area contributed by atoms with E-state index < -0.39 is 0 Å². The average Bonchev–Trinajstić information content (AvgIpc) is 2.98. The van der Waals surface area contributed by atoms with E-state index in [9.17, 15) is 5.11 Å². The third kappa shape index (κ3) is 3.07. The standard InChI is InChI=1S/C16H25N3O/c17-15-11-13(5-6-16(15)20)12-18-7-9-19(10-8-18)14-3-1-2-4-14/h5-6,11,14,20H,1-4,7-10,12,17H2. The Morgan fingerprint density at radius 1 is 1.10 bits per heavy atom. The summed E-state index contributed by atoms with van der Waals surface area (Å²) in [5.74, 6) is 0.180. The fraction of sp³-hybridized carbons (Fsp3) is 0.625. The number of nitrogens with two attached hydrogens (primary N) is 1. The van der Waals surface area contributed by atoms with Gasteiger partial charge in [-0.2, -0.15) is 0 Å². The molecular formula is C16H25N3O. The minimum atomic E-state index is 0.180. The molecule has 110 valence electrons. The van der Waals surface area contributed by atoms with Crippen LogP contribution in [0.15, 0.2) is 18.2 Å². The molecule has 4 heteroatoms. The molecule has 0 unspecified atom stereocenters. The maximum Gasteiger partial charge on any atom is 0.138 e. The molecular weight excluding hydrogens is 250 g/mol. The van der Waals surface area contributed by atoms with Crippen molar-refractivity contribution in [3.63, 3.8) is 0 Å². The second-order valence-corrected chi connectivity index (χ2v) is 6.14. The Kier molecular flexibility index (Phi) is 4.13. The second-order valence-electron chi connectivity index (χ2n) is 6.14. The van der Waals surface area contributed by atoms with Crippen molar-refractivity contribution in [2.45, 2.75) is 38.3 Å². The van der Waals surface area contributed by atoms with Gasteiger partial charge in [0.05, 0.1) is 5.69 Å². The third-order valence-corrected chi connectivity index (χ3v) is 4.75. The van der Waals surface area contributed by atoms with Crippen LogP contribution in [0.25, 0.3) is 0 Å². The van der Waals surface area contributed by atoms with Gasteiger partial charge in [0.15, 0.2) is 0 Å². The Morgan fingerprint density at radius 3 is 2.45 bits per heavy atom. The summed E-state index contributed by atoms with van der Waals surface area (Å²) in [5.41, 5.74) is 7.42. The van der Waals surface area contributed by atoms with Crippen LogP contribution in [0.3, 0.4) is 0 Å². The Bertz CT molecular complexity index is 449. The maximum absolute atomic E-state index is 9.46. The van der Waals surface area contributed by atoms with Crippen molar-refractivity contribution in [3.05, 3.63) is 23.8 Å². The van der Waals surface area contributed by atoms with Crippen molar-refractivity contribution in [2.75, 3.05) is 31.9 Å². The Hall–Kier alpha value is -1.26. The van der Waals surface area contributed by atoms with E-state index in [1.165, 1.54) is 44.3 Å². The van der Waals surface area contributed by atoms with Crippen LogP contribution in [-0.4, -0.2) is 47.1 Å². The van der Waals surface area contributed by atoms with Crippen molar-refractivity contribution in [1.82, 2.24) is 9.80 Å². The van der Waals surface area contributed by atoms with E-state index in [0.29, 0.717) is 5.69 Å². The molecule has 1 saturated carbocycles. The number of rotatable bonds is 3. The van der Waals surface area contributed by atoms with E-state index in [-0.39, 0.29) is 5.75 Å². The number of phenols is 1. The number of piperazine rings is 1.